The Morgan fingerprint density at radius 3 is 1.60 bits per heavy atom. The van der Waals surface area contributed by atoms with Crippen LogP contribution in [0.5, 0.6) is 11.5 Å². The van der Waals surface area contributed by atoms with Crippen LogP contribution in [0.1, 0.15) is 36.1 Å². The van der Waals surface area contributed by atoms with Gasteiger partial charge in [0.25, 0.3) is 0 Å². The minimum atomic E-state index is -1.12. The van der Waals surface area contributed by atoms with Crippen molar-refractivity contribution in [2.24, 2.45) is 0 Å². The van der Waals surface area contributed by atoms with Gasteiger partial charge in [-0.15, -0.1) is 0 Å². The lowest BCUT2D eigenvalue weighted by atomic mass is 10.0. The van der Waals surface area contributed by atoms with Crippen molar-refractivity contribution in [3.05, 3.63) is 70.8 Å². The summed E-state index contributed by atoms with van der Waals surface area (Å²) in [7, 11) is 0. The standard InChI is InChI=1S/C24H24O6/c1-15-23(11-9-17-5-3-7-21(25)19(17)13-27-23)30-16(2)24(29-15)12-10-18-6-4-8-22(26)20(18)14-28-24/h3-12,15-16,25-26H,13-14H2,1-2H3/t15-,16-,23+,24+/m0/s1. The van der Waals surface area contributed by atoms with E-state index >= 15 is 0 Å². The molecule has 2 spiro atoms. The number of rotatable bonds is 0. The monoisotopic (exact) mass is 408 g/mol. The Balaban J connectivity index is 1.44. The molecule has 2 N–H and O–H groups in total. The minimum Gasteiger partial charge on any atom is -0.508 e. The maximum Gasteiger partial charge on any atom is 0.215 e. The summed E-state index contributed by atoms with van der Waals surface area (Å²) in [5.74, 6) is -1.85. The van der Waals surface area contributed by atoms with Crippen LogP contribution in [0.2, 0.25) is 0 Å². The van der Waals surface area contributed by atoms with E-state index in [1.54, 1.807) is 24.3 Å². The number of phenolic OH excluding ortho intramolecular Hbond substituents is 2. The first-order valence-corrected chi connectivity index (χ1v) is 10.1. The van der Waals surface area contributed by atoms with Crippen molar-refractivity contribution in [3.8, 4) is 11.5 Å². The molecule has 3 aliphatic rings. The van der Waals surface area contributed by atoms with E-state index in [0.29, 0.717) is 11.1 Å². The van der Waals surface area contributed by atoms with Gasteiger partial charge in [-0.05, 0) is 49.3 Å². The Hall–Kier alpha value is -2.64. The molecule has 6 nitrogen and oxygen atoms in total. The zero-order valence-electron chi connectivity index (χ0n) is 16.9. The number of hydrogen-bond acceptors (Lipinski definition) is 6. The zero-order valence-corrected chi connectivity index (χ0v) is 16.9. The van der Waals surface area contributed by atoms with E-state index in [2.05, 4.69) is 0 Å². The van der Waals surface area contributed by atoms with Crippen LogP contribution in [0.15, 0.2) is 48.6 Å². The predicted molar refractivity (Wildman–Crippen MR) is 110 cm³/mol. The summed E-state index contributed by atoms with van der Waals surface area (Å²) in [5.41, 5.74) is 3.19. The SMILES string of the molecule is C[C@@H]1O[C@]2(C=Cc3cccc(O)c3CO2)[C@H](C)O[C@]12C=Cc1cccc(O)c1CO2. The maximum atomic E-state index is 10.2. The van der Waals surface area contributed by atoms with Gasteiger partial charge in [-0.3, -0.25) is 0 Å². The summed E-state index contributed by atoms with van der Waals surface area (Å²) in [6, 6.07) is 10.7. The van der Waals surface area contributed by atoms with Crippen LogP contribution < -0.4 is 0 Å². The summed E-state index contributed by atoms with van der Waals surface area (Å²) in [6.45, 7) is 4.14. The molecule has 0 saturated carbocycles. The number of phenols is 2. The molecule has 6 heteroatoms. The van der Waals surface area contributed by atoms with Gasteiger partial charge in [-0.1, -0.05) is 36.4 Å². The van der Waals surface area contributed by atoms with Gasteiger partial charge in [0, 0.05) is 11.1 Å². The fourth-order valence-corrected chi connectivity index (χ4v) is 4.25. The van der Waals surface area contributed by atoms with Gasteiger partial charge in [-0.2, -0.15) is 0 Å². The molecular weight excluding hydrogens is 384 g/mol. The maximum absolute atomic E-state index is 10.2. The van der Waals surface area contributed by atoms with E-state index in [1.807, 2.05) is 50.3 Å². The molecule has 0 aliphatic carbocycles. The van der Waals surface area contributed by atoms with Crippen molar-refractivity contribution in [2.75, 3.05) is 0 Å². The average molecular weight is 408 g/mol. The summed E-state index contributed by atoms with van der Waals surface area (Å²) in [6.07, 6.45) is 6.47. The highest BCUT2D eigenvalue weighted by Gasteiger charge is 2.54. The fraction of sp³-hybridized carbons (Fsp3) is 0.333. The van der Waals surface area contributed by atoms with Gasteiger partial charge in [0.15, 0.2) is 0 Å². The van der Waals surface area contributed by atoms with Gasteiger partial charge < -0.3 is 29.2 Å². The molecule has 1 fully saturated rings. The largest absolute Gasteiger partial charge is 0.508 e. The first kappa shape index (κ1) is 19.3. The summed E-state index contributed by atoms with van der Waals surface area (Å²) < 4.78 is 25.1. The van der Waals surface area contributed by atoms with Crippen LogP contribution in [-0.4, -0.2) is 34.0 Å². The molecule has 0 amide bonds. The van der Waals surface area contributed by atoms with E-state index in [1.165, 1.54) is 0 Å². The molecule has 0 bridgehead atoms. The smallest absolute Gasteiger partial charge is 0.215 e. The number of aromatic hydroxyl groups is 2. The number of ether oxygens (including phenoxy) is 4. The molecule has 5 rings (SSSR count). The van der Waals surface area contributed by atoms with Crippen LogP contribution in [0.4, 0.5) is 0 Å². The molecule has 30 heavy (non-hydrogen) atoms. The third kappa shape index (κ3) is 2.96. The summed E-state index contributed by atoms with van der Waals surface area (Å²) >= 11 is 0. The Labute approximate surface area is 175 Å². The fourth-order valence-electron chi connectivity index (χ4n) is 4.25. The molecule has 4 atom stereocenters. The molecule has 0 radical (unpaired) electrons. The quantitative estimate of drug-likeness (QED) is 0.683. The zero-order chi connectivity index (χ0) is 20.9. The van der Waals surface area contributed by atoms with Crippen LogP contribution in [0.25, 0.3) is 12.2 Å². The number of hydrogen-bond donors (Lipinski definition) is 2. The molecule has 3 heterocycles. The first-order valence-electron chi connectivity index (χ1n) is 10.1. The molecule has 1 saturated heterocycles. The van der Waals surface area contributed by atoms with E-state index < -0.39 is 23.8 Å². The van der Waals surface area contributed by atoms with Crippen molar-refractivity contribution in [1.82, 2.24) is 0 Å². The molecular formula is C24H24O6. The second kappa shape index (κ2) is 6.96. The average Bonchev–Trinajstić information content (AvgIpc) is 3.03. The Kier molecular flexibility index (Phi) is 4.48. The van der Waals surface area contributed by atoms with Gasteiger partial charge in [0.2, 0.25) is 11.6 Å². The minimum absolute atomic E-state index is 0.190. The normalized spacial score (nSPS) is 32.5. The number of fused-ring (bicyclic) bond motifs is 2. The molecule has 3 aliphatic heterocycles. The van der Waals surface area contributed by atoms with Crippen LogP contribution >= 0.6 is 0 Å². The lowest BCUT2D eigenvalue weighted by Crippen LogP contribution is -2.62. The van der Waals surface area contributed by atoms with Gasteiger partial charge in [0.05, 0.1) is 13.2 Å². The predicted octanol–water partition coefficient (Wildman–Crippen LogP) is 4.10. The van der Waals surface area contributed by atoms with Crippen LogP contribution in [0.3, 0.4) is 0 Å². The van der Waals surface area contributed by atoms with Gasteiger partial charge >= 0.3 is 0 Å². The summed E-state index contributed by atoms with van der Waals surface area (Å²) in [4.78, 5) is 0. The van der Waals surface area contributed by atoms with Crippen molar-refractivity contribution in [3.63, 3.8) is 0 Å². The highest BCUT2D eigenvalue weighted by Crippen LogP contribution is 2.44. The molecule has 156 valence electrons. The Bertz CT molecular complexity index is 960. The molecule has 0 unspecified atom stereocenters. The van der Waals surface area contributed by atoms with Crippen molar-refractivity contribution in [2.45, 2.75) is 50.8 Å². The topological polar surface area (TPSA) is 77.4 Å². The second-order valence-corrected chi connectivity index (χ2v) is 7.90. The Morgan fingerprint density at radius 1 is 0.733 bits per heavy atom. The lowest BCUT2D eigenvalue weighted by molar-refractivity contribution is -0.408. The van der Waals surface area contributed by atoms with E-state index in [0.717, 1.165) is 11.1 Å². The highest BCUT2D eigenvalue weighted by atomic mass is 16.8. The van der Waals surface area contributed by atoms with Gasteiger partial charge in [-0.25, -0.2) is 0 Å². The van der Waals surface area contributed by atoms with E-state index in [4.69, 9.17) is 18.9 Å². The molecule has 2 aromatic carbocycles. The second-order valence-electron chi connectivity index (χ2n) is 7.90. The van der Waals surface area contributed by atoms with Crippen LogP contribution in [0, 0.1) is 0 Å². The molecule has 0 aromatic heterocycles. The Morgan fingerprint density at radius 2 is 1.17 bits per heavy atom. The van der Waals surface area contributed by atoms with E-state index in [-0.39, 0.29) is 24.7 Å². The lowest BCUT2D eigenvalue weighted by Gasteiger charge is -2.50. The van der Waals surface area contributed by atoms with Crippen molar-refractivity contribution in [1.29, 1.82) is 0 Å². The van der Waals surface area contributed by atoms with E-state index in [9.17, 15) is 10.2 Å². The third-order valence-corrected chi connectivity index (χ3v) is 6.10. The highest BCUT2D eigenvalue weighted by molar-refractivity contribution is 5.60. The number of benzene rings is 2. The van der Waals surface area contributed by atoms with Crippen molar-refractivity contribution < 1.29 is 29.2 Å². The first-order chi connectivity index (χ1) is 14.4. The van der Waals surface area contributed by atoms with Gasteiger partial charge in [0.1, 0.15) is 23.7 Å². The third-order valence-electron chi connectivity index (χ3n) is 6.10. The summed E-state index contributed by atoms with van der Waals surface area (Å²) in [5, 5.41) is 20.4. The molecule has 2 aromatic rings. The van der Waals surface area contributed by atoms with Crippen molar-refractivity contribution >= 4 is 12.2 Å². The van der Waals surface area contributed by atoms with Crippen LogP contribution in [-0.2, 0) is 32.2 Å².